The predicted molar refractivity (Wildman–Crippen MR) is 160 cm³/mol. The minimum atomic E-state index is -0.524. The molecule has 41 heavy (non-hydrogen) atoms. The van der Waals surface area contributed by atoms with Crippen LogP contribution in [-0.2, 0) is 4.74 Å². The van der Waals surface area contributed by atoms with E-state index < -0.39 is 17.2 Å². The monoisotopic (exact) mass is 616 g/mol. The number of benzene rings is 2. The third kappa shape index (κ3) is 8.42. The van der Waals surface area contributed by atoms with Crippen molar-refractivity contribution in [1.82, 2.24) is 10.2 Å². The summed E-state index contributed by atoms with van der Waals surface area (Å²) in [7, 11) is 2.94. The number of hydrogen-bond donors (Lipinski definition) is 1. The van der Waals surface area contributed by atoms with E-state index in [1.165, 1.54) is 26.4 Å². The number of anilines is 2. The molecule has 2 aromatic rings. The summed E-state index contributed by atoms with van der Waals surface area (Å²) in [6, 6.07) is 6.70. The summed E-state index contributed by atoms with van der Waals surface area (Å²) in [6.45, 7) is 13.8. The summed E-state index contributed by atoms with van der Waals surface area (Å²) >= 11 is 11.7. The molecule has 4 rings (SSSR count). The van der Waals surface area contributed by atoms with Gasteiger partial charge in [0.1, 0.15) is 38.8 Å². The molecule has 228 valence electrons. The fourth-order valence-electron chi connectivity index (χ4n) is 4.79. The SMILES string of the molecule is COc1cc(N2CCN(C(=O)OC(C)(C)C)C[C@@H]2C)cc(F)c1Cl.COc1cc(N2CCNC[C@@H]2C)cc(F)c1Cl. The Morgan fingerprint density at radius 2 is 1.39 bits per heavy atom. The molecule has 1 N–H and O–H groups in total. The molecular weight excluding hydrogens is 577 g/mol. The molecule has 2 atom stereocenters. The summed E-state index contributed by atoms with van der Waals surface area (Å²) in [5, 5.41) is 3.31. The Bertz CT molecular complexity index is 1210. The quantitative estimate of drug-likeness (QED) is 0.437. The Morgan fingerprint density at radius 1 is 0.878 bits per heavy atom. The van der Waals surface area contributed by atoms with Gasteiger partial charge in [0.2, 0.25) is 0 Å². The fourth-order valence-corrected chi connectivity index (χ4v) is 5.16. The highest BCUT2D eigenvalue weighted by Gasteiger charge is 2.30. The van der Waals surface area contributed by atoms with Crippen LogP contribution in [0.25, 0.3) is 0 Å². The van der Waals surface area contributed by atoms with Gasteiger partial charge in [-0.25, -0.2) is 13.6 Å². The average Bonchev–Trinajstić information content (AvgIpc) is 2.91. The maximum Gasteiger partial charge on any atom is 0.410 e. The summed E-state index contributed by atoms with van der Waals surface area (Å²) < 4.78 is 43.2. The van der Waals surface area contributed by atoms with E-state index in [9.17, 15) is 13.6 Å². The first-order chi connectivity index (χ1) is 19.2. The van der Waals surface area contributed by atoms with E-state index in [0.29, 0.717) is 42.9 Å². The van der Waals surface area contributed by atoms with Crippen LogP contribution >= 0.6 is 23.2 Å². The maximum absolute atomic E-state index is 14.0. The molecule has 12 heteroatoms. The number of amides is 1. The van der Waals surface area contributed by atoms with Gasteiger partial charge in [-0.05, 0) is 46.8 Å². The number of ether oxygens (including phenoxy) is 3. The van der Waals surface area contributed by atoms with Crippen LogP contribution in [0, 0.1) is 11.6 Å². The molecule has 0 aliphatic carbocycles. The lowest BCUT2D eigenvalue weighted by molar-refractivity contribution is 0.0218. The molecule has 0 radical (unpaired) electrons. The number of nitrogens with zero attached hydrogens (tertiary/aromatic N) is 3. The van der Waals surface area contributed by atoms with Crippen molar-refractivity contribution in [3.05, 3.63) is 45.9 Å². The van der Waals surface area contributed by atoms with Crippen molar-refractivity contribution in [2.45, 2.75) is 52.3 Å². The van der Waals surface area contributed by atoms with Crippen LogP contribution < -0.4 is 24.6 Å². The normalized spacial score (nSPS) is 19.3. The van der Waals surface area contributed by atoms with Crippen LogP contribution in [0.15, 0.2) is 24.3 Å². The van der Waals surface area contributed by atoms with E-state index in [0.717, 1.165) is 25.3 Å². The number of carbonyl (C=O) groups excluding carboxylic acids is 1. The number of methoxy groups -OCH3 is 2. The minimum absolute atomic E-state index is 0.0107. The van der Waals surface area contributed by atoms with E-state index in [1.807, 2.05) is 32.6 Å². The Hall–Kier alpha value is -2.69. The van der Waals surface area contributed by atoms with Crippen LogP contribution in [-0.4, -0.2) is 82.2 Å². The van der Waals surface area contributed by atoms with Crippen LogP contribution in [0.3, 0.4) is 0 Å². The fraction of sp³-hybridized carbons (Fsp3) is 0.552. The number of carbonyl (C=O) groups is 1. The Kier molecular flexibility index (Phi) is 11.2. The molecule has 2 aliphatic rings. The second kappa shape index (κ2) is 14.0. The zero-order valence-corrected chi connectivity index (χ0v) is 26.2. The molecule has 1 amide bonds. The predicted octanol–water partition coefficient (Wildman–Crippen LogP) is 6.22. The second-order valence-electron chi connectivity index (χ2n) is 11.1. The second-order valence-corrected chi connectivity index (χ2v) is 11.9. The lowest BCUT2D eigenvalue weighted by Gasteiger charge is -2.41. The molecule has 2 heterocycles. The van der Waals surface area contributed by atoms with Crippen LogP contribution in [0.5, 0.6) is 11.5 Å². The standard InChI is InChI=1S/C17H24ClFN2O3.C12H16ClFN2O/c1-11-10-20(16(22)24-17(2,3)4)6-7-21(11)12-8-13(19)15(18)14(9-12)23-5;1-8-7-15-3-4-16(8)9-5-10(14)12(13)11(6-9)17-2/h8-9,11H,6-7,10H2,1-5H3;5-6,8,15H,3-4,7H2,1-2H3/t11-;8-/m00/s1. The van der Waals surface area contributed by atoms with E-state index in [-0.39, 0.29) is 22.2 Å². The summed E-state index contributed by atoms with van der Waals surface area (Å²) in [5.74, 6) is -0.277. The molecule has 0 spiro atoms. The van der Waals surface area contributed by atoms with Gasteiger partial charge in [-0.3, -0.25) is 0 Å². The summed E-state index contributed by atoms with van der Waals surface area (Å²) in [5.41, 5.74) is 0.979. The van der Waals surface area contributed by atoms with E-state index in [4.69, 9.17) is 37.4 Å². The molecular formula is C29H40Cl2F2N4O4. The highest BCUT2D eigenvalue weighted by atomic mass is 35.5. The minimum Gasteiger partial charge on any atom is -0.495 e. The van der Waals surface area contributed by atoms with Gasteiger partial charge in [-0.15, -0.1) is 0 Å². The Balaban J connectivity index is 0.000000239. The zero-order valence-electron chi connectivity index (χ0n) is 24.7. The summed E-state index contributed by atoms with van der Waals surface area (Å²) in [6.07, 6.45) is -0.325. The number of piperazine rings is 2. The average molecular weight is 618 g/mol. The van der Waals surface area contributed by atoms with E-state index >= 15 is 0 Å². The Morgan fingerprint density at radius 3 is 1.83 bits per heavy atom. The van der Waals surface area contributed by atoms with E-state index in [1.54, 1.807) is 17.0 Å². The zero-order chi connectivity index (χ0) is 30.5. The highest BCUT2D eigenvalue weighted by Crippen LogP contribution is 2.35. The van der Waals surface area contributed by atoms with Gasteiger partial charge in [0, 0.05) is 74.9 Å². The topological polar surface area (TPSA) is 66.5 Å². The third-order valence-electron chi connectivity index (χ3n) is 6.84. The number of rotatable bonds is 4. The van der Waals surface area contributed by atoms with Gasteiger partial charge in [-0.1, -0.05) is 23.2 Å². The van der Waals surface area contributed by atoms with Crippen molar-refractivity contribution in [2.75, 3.05) is 63.3 Å². The maximum atomic E-state index is 14.0. The van der Waals surface area contributed by atoms with Crippen LogP contribution in [0.1, 0.15) is 34.6 Å². The number of nitrogens with one attached hydrogen (secondary N) is 1. The molecule has 0 aromatic heterocycles. The first kappa shape index (κ1) is 32.8. The van der Waals surface area contributed by atoms with Gasteiger partial charge >= 0.3 is 6.09 Å². The summed E-state index contributed by atoms with van der Waals surface area (Å²) in [4.78, 5) is 18.0. The first-order valence-electron chi connectivity index (χ1n) is 13.5. The van der Waals surface area contributed by atoms with Crippen molar-refractivity contribution < 1.29 is 27.8 Å². The van der Waals surface area contributed by atoms with Crippen LogP contribution in [0.2, 0.25) is 10.0 Å². The Labute approximate surface area is 251 Å². The van der Waals surface area contributed by atoms with Crippen molar-refractivity contribution in [3.8, 4) is 11.5 Å². The molecule has 2 saturated heterocycles. The van der Waals surface area contributed by atoms with Gasteiger partial charge in [-0.2, -0.15) is 0 Å². The molecule has 8 nitrogen and oxygen atoms in total. The molecule has 2 aliphatic heterocycles. The number of hydrogen-bond acceptors (Lipinski definition) is 7. The molecule has 0 bridgehead atoms. The lowest BCUT2D eigenvalue weighted by atomic mass is 10.1. The smallest absolute Gasteiger partial charge is 0.410 e. The van der Waals surface area contributed by atoms with Crippen molar-refractivity contribution >= 4 is 40.7 Å². The van der Waals surface area contributed by atoms with Crippen molar-refractivity contribution in [2.24, 2.45) is 0 Å². The van der Waals surface area contributed by atoms with Crippen molar-refractivity contribution in [1.29, 1.82) is 0 Å². The van der Waals surface area contributed by atoms with E-state index in [2.05, 4.69) is 17.1 Å². The first-order valence-corrected chi connectivity index (χ1v) is 14.3. The molecule has 0 unspecified atom stereocenters. The van der Waals surface area contributed by atoms with Gasteiger partial charge in [0.25, 0.3) is 0 Å². The van der Waals surface area contributed by atoms with Gasteiger partial charge < -0.3 is 34.2 Å². The largest absolute Gasteiger partial charge is 0.495 e. The highest BCUT2D eigenvalue weighted by molar-refractivity contribution is 6.32. The van der Waals surface area contributed by atoms with Crippen LogP contribution in [0.4, 0.5) is 25.0 Å². The van der Waals surface area contributed by atoms with Crippen molar-refractivity contribution in [3.63, 3.8) is 0 Å². The molecule has 0 saturated carbocycles. The molecule has 2 aromatic carbocycles. The number of halogens is 4. The third-order valence-corrected chi connectivity index (χ3v) is 7.58. The van der Waals surface area contributed by atoms with Gasteiger partial charge in [0.15, 0.2) is 0 Å². The molecule has 2 fully saturated rings. The lowest BCUT2D eigenvalue weighted by Crippen LogP contribution is -2.54. The van der Waals surface area contributed by atoms with Gasteiger partial charge in [0.05, 0.1) is 14.2 Å².